The first-order valence-corrected chi connectivity index (χ1v) is 8.45. The number of nitrogens with zero attached hydrogens (tertiary/aromatic N) is 2. The molecule has 0 aromatic carbocycles. The van der Waals surface area contributed by atoms with E-state index in [0.29, 0.717) is 10.9 Å². The summed E-state index contributed by atoms with van der Waals surface area (Å²) < 4.78 is 28.0. The summed E-state index contributed by atoms with van der Waals surface area (Å²) in [6.45, 7) is 6.66. The number of nitrogens with two attached hydrogens (primary N) is 1. The normalized spacial score (nSPS) is 13.6. The Bertz CT molecular complexity index is 496. The summed E-state index contributed by atoms with van der Waals surface area (Å²) in [6.07, 6.45) is 1.05. The summed E-state index contributed by atoms with van der Waals surface area (Å²) in [5.41, 5.74) is 5.70. The highest BCUT2D eigenvalue weighted by Crippen LogP contribution is 2.35. The summed E-state index contributed by atoms with van der Waals surface area (Å²) in [4.78, 5) is 2.13. The molecule has 1 atom stereocenters. The zero-order chi connectivity index (χ0) is 13.9. The van der Waals surface area contributed by atoms with Crippen molar-refractivity contribution in [3.63, 3.8) is 0 Å². The van der Waals surface area contributed by atoms with Crippen molar-refractivity contribution in [3.05, 3.63) is 0 Å². The second kappa shape index (κ2) is 5.88. The highest BCUT2D eigenvalue weighted by atomic mass is 32.2. The van der Waals surface area contributed by atoms with Crippen LogP contribution < -0.4 is 10.6 Å². The monoisotopic (exact) mass is 291 g/mol. The summed E-state index contributed by atoms with van der Waals surface area (Å²) in [6, 6.07) is 0. The molecule has 5 nitrogen and oxygen atoms in total. The van der Waals surface area contributed by atoms with E-state index in [1.54, 1.807) is 6.92 Å². The molecule has 0 radical (unpaired) electrons. The molecule has 1 aromatic heterocycles. The van der Waals surface area contributed by atoms with E-state index in [2.05, 4.69) is 18.2 Å². The lowest BCUT2D eigenvalue weighted by molar-refractivity contribution is 0.559. The van der Waals surface area contributed by atoms with Crippen molar-refractivity contribution in [1.29, 1.82) is 0 Å². The van der Waals surface area contributed by atoms with Gasteiger partial charge in [0, 0.05) is 13.6 Å². The van der Waals surface area contributed by atoms with Crippen LogP contribution in [0.3, 0.4) is 0 Å². The van der Waals surface area contributed by atoms with Gasteiger partial charge in [-0.1, -0.05) is 27.2 Å². The summed E-state index contributed by atoms with van der Waals surface area (Å²) in [5, 5.41) is 0.648. The van der Waals surface area contributed by atoms with E-state index in [-0.39, 0.29) is 16.5 Å². The maximum Gasteiger partial charge on any atom is 0.184 e. The SMILES string of the molecule is CCC(C)CN(C)c1snc(N)c1S(=O)(=O)CC. The molecule has 0 saturated carbocycles. The van der Waals surface area contributed by atoms with Gasteiger partial charge in [0.05, 0.1) is 5.75 Å². The van der Waals surface area contributed by atoms with E-state index in [0.717, 1.165) is 24.5 Å². The van der Waals surface area contributed by atoms with Gasteiger partial charge < -0.3 is 10.6 Å². The van der Waals surface area contributed by atoms with Crippen LogP contribution in [0, 0.1) is 5.92 Å². The molecule has 0 saturated heterocycles. The fraction of sp³-hybridized carbons (Fsp3) is 0.727. The number of sulfone groups is 1. The lowest BCUT2D eigenvalue weighted by Crippen LogP contribution is -2.24. The molecule has 1 unspecified atom stereocenters. The Morgan fingerprint density at radius 2 is 2.06 bits per heavy atom. The van der Waals surface area contributed by atoms with Gasteiger partial charge in [-0.15, -0.1) is 0 Å². The highest BCUT2D eigenvalue weighted by molar-refractivity contribution is 7.91. The fourth-order valence-electron chi connectivity index (χ4n) is 1.64. The third kappa shape index (κ3) is 3.14. The van der Waals surface area contributed by atoms with Crippen LogP contribution in [-0.4, -0.2) is 32.1 Å². The van der Waals surface area contributed by atoms with Gasteiger partial charge in [-0.25, -0.2) is 8.42 Å². The Morgan fingerprint density at radius 1 is 1.44 bits per heavy atom. The first kappa shape index (κ1) is 15.2. The van der Waals surface area contributed by atoms with E-state index in [9.17, 15) is 8.42 Å². The van der Waals surface area contributed by atoms with Crippen molar-refractivity contribution in [2.75, 3.05) is 30.0 Å². The molecular weight excluding hydrogens is 270 g/mol. The Balaban J connectivity index is 3.12. The van der Waals surface area contributed by atoms with Crippen molar-refractivity contribution < 1.29 is 8.42 Å². The zero-order valence-corrected chi connectivity index (χ0v) is 12.9. The number of hydrogen-bond acceptors (Lipinski definition) is 6. The molecule has 0 amide bonds. The number of nitrogen functional groups attached to an aromatic ring is 1. The molecule has 104 valence electrons. The minimum absolute atomic E-state index is 0.0415. The van der Waals surface area contributed by atoms with Gasteiger partial charge in [0.2, 0.25) is 0 Å². The largest absolute Gasteiger partial charge is 0.382 e. The molecule has 0 bridgehead atoms. The fourth-order valence-corrected chi connectivity index (χ4v) is 3.95. The van der Waals surface area contributed by atoms with Gasteiger partial charge in [-0.2, -0.15) is 4.37 Å². The van der Waals surface area contributed by atoms with Crippen LogP contribution in [0.25, 0.3) is 0 Å². The van der Waals surface area contributed by atoms with Gasteiger partial charge in [0.25, 0.3) is 0 Å². The van der Waals surface area contributed by atoms with Crippen molar-refractivity contribution in [2.45, 2.75) is 32.1 Å². The third-order valence-corrected chi connectivity index (χ3v) is 5.87. The zero-order valence-electron chi connectivity index (χ0n) is 11.3. The predicted octanol–water partition coefficient (Wildman–Crippen LogP) is 2.00. The van der Waals surface area contributed by atoms with Crippen LogP contribution in [0.1, 0.15) is 27.2 Å². The van der Waals surface area contributed by atoms with Crippen molar-refractivity contribution >= 4 is 32.2 Å². The predicted molar refractivity (Wildman–Crippen MR) is 77.0 cm³/mol. The lowest BCUT2D eigenvalue weighted by atomic mass is 10.1. The van der Waals surface area contributed by atoms with Crippen molar-refractivity contribution in [1.82, 2.24) is 4.37 Å². The molecule has 2 N–H and O–H groups in total. The molecular formula is C11H21N3O2S2. The first-order valence-electron chi connectivity index (χ1n) is 6.02. The minimum atomic E-state index is -3.32. The average Bonchev–Trinajstić information content (AvgIpc) is 2.71. The quantitative estimate of drug-likeness (QED) is 0.867. The molecule has 1 rings (SSSR count). The highest BCUT2D eigenvalue weighted by Gasteiger charge is 2.26. The van der Waals surface area contributed by atoms with Gasteiger partial charge in [0.15, 0.2) is 15.7 Å². The average molecular weight is 291 g/mol. The molecule has 18 heavy (non-hydrogen) atoms. The molecule has 1 heterocycles. The number of aromatic nitrogens is 1. The van der Waals surface area contributed by atoms with Crippen LogP contribution in [0.2, 0.25) is 0 Å². The van der Waals surface area contributed by atoms with Crippen molar-refractivity contribution in [2.24, 2.45) is 5.92 Å². The van der Waals surface area contributed by atoms with Gasteiger partial charge in [0.1, 0.15) is 9.90 Å². The molecule has 0 spiro atoms. The lowest BCUT2D eigenvalue weighted by Gasteiger charge is -2.21. The Kier molecular flexibility index (Phi) is 4.98. The van der Waals surface area contributed by atoms with E-state index in [1.807, 2.05) is 11.9 Å². The third-order valence-electron chi connectivity index (χ3n) is 2.98. The summed E-state index contributed by atoms with van der Waals surface area (Å²) in [7, 11) is -1.44. The van der Waals surface area contributed by atoms with Crippen LogP contribution >= 0.6 is 11.5 Å². The van der Waals surface area contributed by atoms with Crippen LogP contribution in [0.5, 0.6) is 0 Å². The maximum absolute atomic E-state index is 12.0. The van der Waals surface area contributed by atoms with Crippen LogP contribution in [0.4, 0.5) is 10.8 Å². The number of hydrogen-bond donors (Lipinski definition) is 1. The summed E-state index contributed by atoms with van der Waals surface area (Å²) >= 11 is 1.15. The minimum Gasteiger partial charge on any atom is -0.382 e. The van der Waals surface area contributed by atoms with Crippen LogP contribution in [0.15, 0.2) is 4.90 Å². The van der Waals surface area contributed by atoms with E-state index in [1.165, 1.54) is 0 Å². The smallest absolute Gasteiger partial charge is 0.184 e. The van der Waals surface area contributed by atoms with Crippen LogP contribution in [-0.2, 0) is 9.84 Å². The first-order chi connectivity index (χ1) is 8.33. The molecule has 0 aliphatic heterocycles. The Hall–Kier alpha value is -0.820. The molecule has 0 aliphatic rings. The van der Waals surface area contributed by atoms with Gasteiger partial charge in [-0.05, 0) is 17.5 Å². The van der Waals surface area contributed by atoms with E-state index in [4.69, 9.17) is 5.73 Å². The molecule has 0 aliphatic carbocycles. The van der Waals surface area contributed by atoms with E-state index >= 15 is 0 Å². The summed E-state index contributed by atoms with van der Waals surface area (Å²) in [5.74, 6) is 0.656. The van der Waals surface area contributed by atoms with E-state index < -0.39 is 9.84 Å². The maximum atomic E-state index is 12.0. The molecule has 7 heteroatoms. The van der Waals surface area contributed by atoms with Gasteiger partial charge >= 0.3 is 0 Å². The topological polar surface area (TPSA) is 76.3 Å². The van der Waals surface area contributed by atoms with Gasteiger partial charge in [-0.3, -0.25) is 0 Å². The standard InChI is InChI=1S/C11H21N3O2S2/c1-5-8(3)7-14(4)11-9(10(12)13-17-11)18(15,16)6-2/h8H,5-7H2,1-4H3,(H2,12,13). The number of rotatable bonds is 6. The molecule has 1 aromatic rings. The Morgan fingerprint density at radius 3 is 2.56 bits per heavy atom. The second-order valence-corrected chi connectivity index (χ2v) is 7.47. The van der Waals surface area contributed by atoms with Crippen molar-refractivity contribution in [3.8, 4) is 0 Å². The second-order valence-electron chi connectivity index (χ2n) is 4.50. The number of anilines is 2. The molecule has 0 fully saturated rings. The Labute approximate surface area is 113 Å².